The highest BCUT2D eigenvalue weighted by Gasteiger charge is 2.50. The zero-order valence-electron chi connectivity index (χ0n) is 32.9. The molecule has 5 aromatic heterocycles. The predicted molar refractivity (Wildman–Crippen MR) is 224 cm³/mol. The van der Waals surface area contributed by atoms with Crippen LogP contribution in [0.15, 0.2) is 110 Å². The Kier molecular flexibility index (Phi) is 10.9. The number of aromatic amines is 1. The van der Waals surface area contributed by atoms with E-state index in [9.17, 15) is 0 Å². The van der Waals surface area contributed by atoms with Crippen LogP contribution in [0.5, 0.6) is 5.88 Å². The van der Waals surface area contributed by atoms with Gasteiger partial charge >= 0.3 is 0 Å². The number of aryl methyl sites for hydroxylation is 2. The maximum Gasteiger partial charge on any atom is 0.261 e. The van der Waals surface area contributed by atoms with Crippen LogP contribution >= 0.6 is 0 Å². The molecule has 0 saturated carbocycles. The van der Waals surface area contributed by atoms with Gasteiger partial charge in [-0.15, -0.1) is 0 Å². The zero-order valence-corrected chi connectivity index (χ0v) is 33.9. The van der Waals surface area contributed by atoms with Crippen LogP contribution in [0.4, 0.5) is 5.95 Å². The van der Waals surface area contributed by atoms with Crippen molar-refractivity contribution < 1.29 is 9.16 Å². The van der Waals surface area contributed by atoms with E-state index < -0.39 is 8.32 Å². The summed E-state index contributed by atoms with van der Waals surface area (Å²) in [5.41, 5.74) is 7.68. The molecule has 11 heteroatoms. The van der Waals surface area contributed by atoms with Crippen LogP contribution in [0.25, 0.3) is 33.4 Å². The van der Waals surface area contributed by atoms with Crippen molar-refractivity contribution in [3.8, 4) is 28.3 Å². The Morgan fingerprint density at radius 2 is 1.58 bits per heavy atom. The van der Waals surface area contributed by atoms with E-state index in [4.69, 9.17) is 24.1 Å². The van der Waals surface area contributed by atoms with Crippen molar-refractivity contribution in [2.45, 2.75) is 52.5 Å². The lowest BCUT2D eigenvalue weighted by Crippen LogP contribution is -2.66. The third kappa shape index (κ3) is 7.67. The maximum atomic E-state index is 7.15. The third-order valence-electron chi connectivity index (χ3n) is 10.4. The minimum Gasteiger partial charge on any atom is -0.480 e. The van der Waals surface area contributed by atoms with Gasteiger partial charge in [0, 0.05) is 80.2 Å². The summed E-state index contributed by atoms with van der Waals surface area (Å²) < 4.78 is 14.8. The van der Waals surface area contributed by atoms with Crippen LogP contribution in [0, 0.1) is 6.92 Å². The van der Waals surface area contributed by atoms with E-state index in [0.717, 1.165) is 76.2 Å². The van der Waals surface area contributed by atoms with Crippen molar-refractivity contribution in [3.05, 3.63) is 127 Å². The number of anilines is 1. The number of ether oxygens (including phenoxy) is 1. The second kappa shape index (κ2) is 16.0. The molecule has 55 heavy (non-hydrogen) atoms. The van der Waals surface area contributed by atoms with Gasteiger partial charge in [-0.25, -0.2) is 9.97 Å². The monoisotopic (exact) mass is 750 g/mol. The normalized spacial score (nSPS) is 12.0. The number of methoxy groups -OCH3 is 1. The molecular formula is C44H50N8O2Si. The lowest BCUT2D eigenvalue weighted by Gasteiger charge is -2.43. The fourth-order valence-corrected chi connectivity index (χ4v) is 12.2. The van der Waals surface area contributed by atoms with Gasteiger partial charge in [-0.3, -0.25) is 9.67 Å². The van der Waals surface area contributed by atoms with E-state index in [1.165, 1.54) is 10.4 Å². The number of nitrogens with zero attached hydrogens (tertiary/aromatic N) is 7. The van der Waals surface area contributed by atoms with Crippen molar-refractivity contribution in [1.82, 2.24) is 34.7 Å². The van der Waals surface area contributed by atoms with Gasteiger partial charge in [0.25, 0.3) is 8.32 Å². The van der Waals surface area contributed by atoms with Gasteiger partial charge in [0.15, 0.2) is 0 Å². The number of H-pyrrole nitrogens is 1. The van der Waals surface area contributed by atoms with E-state index in [-0.39, 0.29) is 5.04 Å². The number of nitrogens with one attached hydrogen (secondary N) is 1. The molecule has 0 aliphatic rings. The fraction of sp³-hybridized carbons (Fsp3) is 0.295. The highest BCUT2D eigenvalue weighted by Crippen LogP contribution is 2.37. The average Bonchev–Trinajstić information content (AvgIpc) is 3.82. The SMILES string of the molecule is CCN(CCCO[Si](c1ccccc1)(c1ccccc1)C(C)(C)C)c1ncc(-c2ccc(Cc3c[nH]c4ncc(-c5cnn(C)c5)cc34)c(C)n2)c(OC)n1. The minimum absolute atomic E-state index is 0.0738. The molecule has 0 fully saturated rings. The molecule has 7 aromatic rings. The smallest absolute Gasteiger partial charge is 0.261 e. The molecule has 1 N–H and O–H groups in total. The summed E-state index contributed by atoms with van der Waals surface area (Å²) in [6.45, 7) is 13.2. The Balaban J connectivity index is 1.06. The third-order valence-corrected chi connectivity index (χ3v) is 15.5. The summed E-state index contributed by atoms with van der Waals surface area (Å²) in [7, 11) is 0.958. The van der Waals surface area contributed by atoms with Crippen molar-refractivity contribution in [1.29, 1.82) is 0 Å². The zero-order chi connectivity index (χ0) is 38.6. The van der Waals surface area contributed by atoms with Gasteiger partial charge in [0.1, 0.15) is 5.65 Å². The van der Waals surface area contributed by atoms with Gasteiger partial charge in [0.05, 0.1) is 24.6 Å². The van der Waals surface area contributed by atoms with Crippen LogP contribution in [-0.2, 0) is 17.9 Å². The van der Waals surface area contributed by atoms with Crippen molar-refractivity contribution in [2.24, 2.45) is 7.05 Å². The van der Waals surface area contributed by atoms with E-state index in [0.29, 0.717) is 18.4 Å². The van der Waals surface area contributed by atoms with E-state index in [1.807, 2.05) is 51.0 Å². The number of hydrogen-bond donors (Lipinski definition) is 1. The van der Waals surface area contributed by atoms with Gasteiger partial charge < -0.3 is 19.0 Å². The van der Waals surface area contributed by atoms with Gasteiger partial charge in [-0.05, 0) is 58.9 Å². The molecule has 0 unspecified atom stereocenters. The summed E-state index contributed by atoms with van der Waals surface area (Å²) in [4.78, 5) is 24.9. The van der Waals surface area contributed by atoms with Crippen molar-refractivity contribution in [3.63, 3.8) is 0 Å². The Morgan fingerprint density at radius 3 is 2.20 bits per heavy atom. The highest BCUT2D eigenvalue weighted by molar-refractivity contribution is 6.99. The highest BCUT2D eigenvalue weighted by atomic mass is 28.4. The molecule has 0 spiro atoms. The Labute approximate surface area is 324 Å². The maximum absolute atomic E-state index is 7.15. The molecule has 10 nitrogen and oxygen atoms in total. The summed E-state index contributed by atoms with van der Waals surface area (Å²) in [5, 5.41) is 7.90. The Hall–Kier alpha value is -5.65. The first-order valence-electron chi connectivity index (χ1n) is 18.9. The first kappa shape index (κ1) is 37.7. The molecule has 0 saturated heterocycles. The molecule has 0 aliphatic heterocycles. The Bertz CT molecular complexity index is 2330. The largest absolute Gasteiger partial charge is 0.480 e. The number of hydrogen-bond acceptors (Lipinski definition) is 8. The van der Waals surface area contributed by atoms with Crippen LogP contribution in [0.1, 0.15) is 50.9 Å². The molecule has 2 aromatic carbocycles. The molecule has 5 heterocycles. The van der Waals surface area contributed by atoms with Gasteiger partial charge in [-0.2, -0.15) is 10.1 Å². The van der Waals surface area contributed by atoms with Crippen LogP contribution < -0.4 is 20.0 Å². The minimum atomic E-state index is -2.61. The van der Waals surface area contributed by atoms with Crippen LogP contribution in [0.3, 0.4) is 0 Å². The van der Waals surface area contributed by atoms with Gasteiger partial charge in [-0.1, -0.05) is 87.5 Å². The van der Waals surface area contributed by atoms with Crippen LogP contribution in [-0.4, -0.2) is 69.8 Å². The number of rotatable bonds is 14. The van der Waals surface area contributed by atoms with Crippen LogP contribution in [0.2, 0.25) is 5.04 Å². The lowest BCUT2D eigenvalue weighted by molar-refractivity contribution is 0.292. The molecule has 0 atom stereocenters. The summed E-state index contributed by atoms with van der Waals surface area (Å²) in [5.74, 6) is 1.12. The molecule has 0 radical (unpaired) electrons. The summed E-state index contributed by atoms with van der Waals surface area (Å²) in [6.07, 6.45) is 11.2. The number of aromatic nitrogens is 7. The first-order valence-corrected chi connectivity index (χ1v) is 20.8. The molecule has 0 amide bonds. The van der Waals surface area contributed by atoms with Gasteiger partial charge in [0.2, 0.25) is 11.8 Å². The van der Waals surface area contributed by atoms with Crippen molar-refractivity contribution in [2.75, 3.05) is 31.7 Å². The topological polar surface area (TPSA) is 107 Å². The molecule has 7 rings (SSSR count). The number of fused-ring (bicyclic) bond motifs is 1. The number of benzene rings is 2. The predicted octanol–water partition coefficient (Wildman–Crippen LogP) is 7.52. The van der Waals surface area contributed by atoms with E-state index >= 15 is 0 Å². The molecular weight excluding hydrogens is 701 g/mol. The average molecular weight is 751 g/mol. The summed E-state index contributed by atoms with van der Waals surface area (Å²) in [6, 6.07) is 27.9. The quantitative estimate of drug-likeness (QED) is 0.0900. The molecule has 0 aliphatic carbocycles. The molecule has 0 bridgehead atoms. The standard InChI is InChI=1S/C44H50N8O2Si/c1-8-52(22-15-23-54-55(44(3,4)5,36-16-11-9-12-17-36)37-18-13-10-14-19-37)43-47-29-39(42(50-43)53-7)40-21-20-32(31(2)49-40)24-34-27-46-41-38(34)25-33(26-45-41)35-28-48-51(6)30-35/h9-14,16-21,25-30H,8,15,22-24H2,1-7H3,(H,45,46). The number of pyridine rings is 2. The molecule has 282 valence electrons. The fourth-order valence-electron chi connectivity index (χ4n) is 7.55. The summed E-state index contributed by atoms with van der Waals surface area (Å²) >= 11 is 0. The second-order valence-electron chi connectivity index (χ2n) is 15.0. The van der Waals surface area contributed by atoms with E-state index in [1.54, 1.807) is 11.8 Å². The first-order chi connectivity index (χ1) is 26.6. The Morgan fingerprint density at radius 1 is 0.855 bits per heavy atom. The van der Waals surface area contributed by atoms with Crippen molar-refractivity contribution >= 4 is 35.7 Å². The second-order valence-corrected chi connectivity index (χ2v) is 19.3. The van der Waals surface area contributed by atoms with E-state index in [2.05, 4.69) is 120 Å². The lowest BCUT2D eigenvalue weighted by atomic mass is 10.0.